The summed E-state index contributed by atoms with van der Waals surface area (Å²) in [5, 5.41) is 0. The van der Waals surface area contributed by atoms with Crippen molar-refractivity contribution in [1.29, 1.82) is 0 Å². The molecule has 0 aromatic heterocycles. The van der Waals surface area contributed by atoms with E-state index in [0.29, 0.717) is 35.1 Å². The molecule has 0 fully saturated rings. The third kappa shape index (κ3) is 3.39. The van der Waals surface area contributed by atoms with Crippen LogP contribution >= 0.6 is 0 Å². The number of allylic oxidation sites excluding steroid dienone is 2. The van der Waals surface area contributed by atoms with E-state index in [4.69, 9.17) is 0 Å². The van der Waals surface area contributed by atoms with E-state index >= 15 is 0 Å². The van der Waals surface area contributed by atoms with Gasteiger partial charge in [0.1, 0.15) is 0 Å². The van der Waals surface area contributed by atoms with Crippen molar-refractivity contribution in [2.75, 3.05) is 0 Å². The molecular formula is C25H24F6. The van der Waals surface area contributed by atoms with Crippen molar-refractivity contribution in [2.45, 2.75) is 63.7 Å². The molecule has 0 spiro atoms. The molecule has 2 bridgehead atoms. The van der Waals surface area contributed by atoms with Gasteiger partial charge in [-0.2, -0.15) is 26.3 Å². The summed E-state index contributed by atoms with van der Waals surface area (Å²) in [7, 11) is 0. The van der Waals surface area contributed by atoms with Gasteiger partial charge in [0.25, 0.3) is 0 Å². The molecule has 0 nitrogen and oxygen atoms in total. The van der Waals surface area contributed by atoms with Gasteiger partial charge in [0, 0.05) is 5.92 Å². The summed E-state index contributed by atoms with van der Waals surface area (Å²) in [5.41, 5.74) is -3.51. The van der Waals surface area contributed by atoms with Crippen LogP contribution in [0.1, 0.15) is 68.2 Å². The molecule has 0 saturated carbocycles. The third-order valence-electron chi connectivity index (χ3n) is 6.52. The van der Waals surface area contributed by atoms with Crippen LogP contribution in [0.2, 0.25) is 0 Å². The van der Waals surface area contributed by atoms with Crippen LogP contribution in [-0.4, -0.2) is 12.4 Å². The maximum Gasteiger partial charge on any atom is 0.414 e. The highest BCUT2D eigenvalue weighted by Crippen LogP contribution is 2.66. The molecule has 0 heterocycles. The molecule has 0 radical (unpaired) electrons. The smallest absolute Gasteiger partial charge is 0.166 e. The Morgan fingerprint density at radius 3 is 1.65 bits per heavy atom. The van der Waals surface area contributed by atoms with Crippen LogP contribution in [0.15, 0.2) is 59.7 Å². The monoisotopic (exact) mass is 438 g/mol. The van der Waals surface area contributed by atoms with Crippen molar-refractivity contribution in [3.8, 4) is 0 Å². The van der Waals surface area contributed by atoms with Gasteiger partial charge in [0.05, 0.1) is 16.6 Å². The second kappa shape index (κ2) is 6.88. The molecule has 3 aliphatic rings. The maximum absolute atomic E-state index is 14.5. The minimum atomic E-state index is -5.11. The topological polar surface area (TPSA) is 0 Å². The predicted molar refractivity (Wildman–Crippen MR) is 108 cm³/mol. The zero-order valence-corrected chi connectivity index (χ0v) is 17.6. The first-order valence-electron chi connectivity index (χ1n) is 10.4. The van der Waals surface area contributed by atoms with Gasteiger partial charge in [-0.1, -0.05) is 75.7 Å². The Morgan fingerprint density at radius 1 is 0.742 bits per heavy atom. The number of benzene rings is 2. The molecule has 0 amide bonds. The quantitative estimate of drug-likeness (QED) is 0.336. The summed E-state index contributed by atoms with van der Waals surface area (Å²) in [4.78, 5) is 0. The van der Waals surface area contributed by atoms with Crippen molar-refractivity contribution in [3.63, 3.8) is 0 Å². The van der Waals surface area contributed by atoms with E-state index in [1.54, 1.807) is 48.5 Å². The summed E-state index contributed by atoms with van der Waals surface area (Å²) >= 11 is 0. The van der Waals surface area contributed by atoms with Crippen LogP contribution in [0.4, 0.5) is 26.3 Å². The van der Waals surface area contributed by atoms with E-state index < -0.39 is 34.8 Å². The lowest BCUT2D eigenvalue weighted by atomic mass is 9.51. The zero-order valence-electron chi connectivity index (χ0n) is 17.6. The van der Waals surface area contributed by atoms with Crippen molar-refractivity contribution in [2.24, 2.45) is 5.41 Å². The van der Waals surface area contributed by atoms with Crippen LogP contribution in [-0.2, 0) is 5.41 Å². The molecule has 2 aromatic rings. The van der Waals surface area contributed by atoms with Crippen molar-refractivity contribution >= 4 is 0 Å². The molecule has 5 rings (SSSR count). The van der Waals surface area contributed by atoms with E-state index in [0.717, 1.165) is 0 Å². The van der Waals surface area contributed by atoms with Gasteiger partial charge in [0.2, 0.25) is 0 Å². The minimum absolute atomic E-state index is 0.0283. The van der Waals surface area contributed by atoms with E-state index in [1.807, 2.05) is 20.8 Å². The lowest BCUT2D eigenvalue weighted by molar-refractivity contribution is -0.126. The molecule has 166 valence electrons. The Morgan fingerprint density at radius 2 is 1.23 bits per heavy atom. The van der Waals surface area contributed by atoms with E-state index in [1.165, 1.54) is 0 Å². The zero-order chi connectivity index (χ0) is 22.8. The number of alkyl halides is 6. The Hall–Kier alpha value is -2.24. The lowest BCUT2D eigenvalue weighted by Crippen LogP contribution is -2.49. The molecule has 3 aliphatic carbocycles. The first kappa shape index (κ1) is 22.0. The van der Waals surface area contributed by atoms with Crippen molar-refractivity contribution in [3.05, 3.63) is 81.9 Å². The normalized spacial score (nSPS) is 23.1. The lowest BCUT2D eigenvalue weighted by Gasteiger charge is -2.52. The van der Waals surface area contributed by atoms with Gasteiger partial charge in [-0.25, -0.2) is 0 Å². The van der Waals surface area contributed by atoms with Gasteiger partial charge in [-0.15, -0.1) is 0 Å². The third-order valence-corrected chi connectivity index (χ3v) is 6.52. The average molecular weight is 438 g/mol. The number of hydrogen-bond acceptors (Lipinski definition) is 0. The van der Waals surface area contributed by atoms with Crippen LogP contribution in [0.3, 0.4) is 0 Å². The molecule has 6 heteroatoms. The second-order valence-corrected chi connectivity index (χ2v) is 9.71. The Bertz CT molecular complexity index is 985. The fraction of sp³-hybridized carbons (Fsp3) is 0.440. The largest absolute Gasteiger partial charge is 0.414 e. The Labute approximate surface area is 178 Å². The summed E-state index contributed by atoms with van der Waals surface area (Å²) in [5.74, 6) is -1.46. The average Bonchev–Trinajstić information content (AvgIpc) is 2.65. The molecule has 0 atom stereocenters. The van der Waals surface area contributed by atoms with Crippen LogP contribution < -0.4 is 0 Å². The van der Waals surface area contributed by atoms with Crippen LogP contribution in [0.5, 0.6) is 0 Å². The summed E-state index contributed by atoms with van der Waals surface area (Å²) < 4.78 is 86.4. The van der Waals surface area contributed by atoms with Gasteiger partial charge < -0.3 is 0 Å². The van der Waals surface area contributed by atoms with E-state index in [-0.39, 0.29) is 11.8 Å². The molecular weight excluding hydrogens is 414 g/mol. The van der Waals surface area contributed by atoms with Gasteiger partial charge in [-0.05, 0) is 40.5 Å². The van der Waals surface area contributed by atoms with E-state index in [2.05, 4.69) is 0 Å². The number of halogens is 6. The maximum atomic E-state index is 14.5. The second-order valence-electron chi connectivity index (χ2n) is 9.71. The highest BCUT2D eigenvalue weighted by Gasteiger charge is 2.64. The number of hydrogen-bond donors (Lipinski definition) is 0. The van der Waals surface area contributed by atoms with E-state index in [9.17, 15) is 26.3 Å². The molecule has 0 unspecified atom stereocenters. The van der Waals surface area contributed by atoms with Crippen molar-refractivity contribution < 1.29 is 26.3 Å². The Balaban J connectivity index is 2.09. The Kier molecular flexibility index (Phi) is 4.88. The predicted octanol–water partition coefficient (Wildman–Crippen LogP) is 8.07. The van der Waals surface area contributed by atoms with Crippen LogP contribution in [0.25, 0.3) is 0 Å². The minimum Gasteiger partial charge on any atom is -0.166 e. The van der Waals surface area contributed by atoms with Gasteiger partial charge in [0.15, 0.2) is 0 Å². The SMILES string of the molecule is CC(C)(C)CCCC12C(C(F)(F)F)=C(C(F)(F)F)C(c3ccccc31)c1ccccc12. The molecule has 0 saturated heterocycles. The fourth-order valence-electron chi connectivity index (χ4n) is 5.52. The molecule has 0 aliphatic heterocycles. The highest BCUT2D eigenvalue weighted by atomic mass is 19.4. The van der Waals surface area contributed by atoms with Gasteiger partial charge in [-0.3, -0.25) is 0 Å². The molecule has 31 heavy (non-hydrogen) atoms. The first-order valence-corrected chi connectivity index (χ1v) is 10.4. The van der Waals surface area contributed by atoms with Crippen molar-refractivity contribution in [1.82, 2.24) is 0 Å². The summed E-state index contributed by atoms with van der Waals surface area (Å²) in [6.07, 6.45) is -9.24. The van der Waals surface area contributed by atoms with Crippen LogP contribution in [0, 0.1) is 5.41 Å². The summed E-state index contributed by atoms with van der Waals surface area (Å²) in [6, 6.07) is 12.7. The number of rotatable bonds is 3. The fourth-order valence-corrected chi connectivity index (χ4v) is 5.52. The van der Waals surface area contributed by atoms with Gasteiger partial charge >= 0.3 is 12.4 Å². The summed E-state index contributed by atoms with van der Waals surface area (Å²) in [6.45, 7) is 5.93. The molecule has 0 N–H and O–H groups in total. The standard InChI is InChI=1S/C25H24F6/c1-22(2,3)13-8-14-23-17-11-6-4-9-15(17)19(16-10-5-7-12-18(16)23)20(24(26,27)28)21(23)25(29,30)31/h4-7,9-12,19H,8,13-14H2,1-3H3. The first-order chi connectivity index (χ1) is 14.3. The molecule has 2 aromatic carbocycles. The highest BCUT2D eigenvalue weighted by molar-refractivity contribution is 5.71.